The third-order valence-corrected chi connectivity index (χ3v) is 2.19. The summed E-state index contributed by atoms with van der Waals surface area (Å²) in [4.78, 5) is 0. The molecule has 0 saturated carbocycles. The van der Waals surface area contributed by atoms with E-state index in [1.165, 1.54) is 12.8 Å². The molecule has 0 aromatic rings. The minimum absolute atomic E-state index is 0. The molecule has 78 valence electrons. The second kappa shape index (κ2) is 8.54. The molecule has 0 aliphatic carbocycles. The summed E-state index contributed by atoms with van der Waals surface area (Å²) in [5.74, 6) is 0. The molecular weight excluding hydrogens is 186 g/mol. The van der Waals surface area contributed by atoms with Crippen LogP contribution in [0.25, 0.3) is 0 Å². The lowest BCUT2D eigenvalue weighted by atomic mass is 10.1. The van der Waals surface area contributed by atoms with E-state index in [2.05, 4.69) is 11.9 Å². The first-order chi connectivity index (χ1) is 5.93. The van der Waals surface area contributed by atoms with Crippen molar-refractivity contribution in [3.05, 3.63) is 12.7 Å². The Bertz CT molecular complexity index is 124. The monoisotopic (exact) mass is 205 g/mol. The Balaban J connectivity index is 0.00000144. The van der Waals surface area contributed by atoms with Crippen molar-refractivity contribution >= 4 is 12.4 Å². The van der Waals surface area contributed by atoms with Crippen LogP contribution in [0.3, 0.4) is 0 Å². The summed E-state index contributed by atoms with van der Waals surface area (Å²) in [6, 6.07) is 0. The summed E-state index contributed by atoms with van der Waals surface area (Å²) >= 11 is 0. The number of unbranched alkanes of at least 4 members (excludes halogenated alkanes) is 1. The van der Waals surface area contributed by atoms with Crippen LogP contribution in [0.4, 0.5) is 0 Å². The fourth-order valence-electron chi connectivity index (χ4n) is 1.44. The molecular formula is C10H20ClNO. The van der Waals surface area contributed by atoms with Crippen molar-refractivity contribution in [3.63, 3.8) is 0 Å². The van der Waals surface area contributed by atoms with Crippen LogP contribution in [0.5, 0.6) is 0 Å². The lowest BCUT2D eigenvalue weighted by molar-refractivity contribution is 0.0320. The van der Waals surface area contributed by atoms with Crippen molar-refractivity contribution in [1.82, 2.24) is 5.32 Å². The Labute approximate surface area is 87.1 Å². The SMILES string of the molecule is C=CCCCOC1CCNCC1.Cl. The van der Waals surface area contributed by atoms with E-state index >= 15 is 0 Å². The summed E-state index contributed by atoms with van der Waals surface area (Å²) in [7, 11) is 0. The zero-order valence-electron chi connectivity index (χ0n) is 8.13. The molecule has 1 fully saturated rings. The van der Waals surface area contributed by atoms with Gasteiger partial charge in [0.15, 0.2) is 0 Å². The van der Waals surface area contributed by atoms with Crippen molar-refractivity contribution < 1.29 is 4.74 Å². The average molecular weight is 206 g/mol. The Morgan fingerprint density at radius 3 is 2.69 bits per heavy atom. The maximum atomic E-state index is 5.70. The highest BCUT2D eigenvalue weighted by Crippen LogP contribution is 2.07. The van der Waals surface area contributed by atoms with Crippen molar-refractivity contribution in [2.24, 2.45) is 0 Å². The van der Waals surface area contributed by atoms with E-state index in [1.807, 2.05) is 6.08 Å². The van der Waals surface area contributed by atoms with Crippen molar-refractivity contribution in [1.29, 1.82) is 0 Å². The van der Waals surface area contributed by atoms with Gasteiger partial charge in [0, 0.05) is 6.61 Å². The van der Waals surface area contributed by atoms with E-state index in [0.717, 1.165) is 32.5 Å². The highest BCUT2D eigenvalue weighted by molar-refractivity contribution is 5.85. The second-order valence-electron chi connectivity index (χ2n) is 3.25. The highest BCUT2D eigenvalue weighted by atomic mass is 35.5. The molecule has 1 N–H and O–H groups in total. The van der Waals surface area contributed by atoms with Crippen molar-refractivity contribution in [3.8, 4) is 0 Å². The van der Waals surface area contributed by atoms with Gasteiger partial charge < -0.3 is 10.1 Å². The molecule has 3 heteroatoms. The molecule has 1 rings (SSSR count). The molecule has 0 radical (unpaired) electrons. The van der Waals surface area contributed by atoms with Gasteiger partial charge in [-0.1, -0.05) is 6.08 Å². The van der Waals surface area contributed by atoms with E-state index in [0.29, 0.717) is 6.10 Å². The zero-order valence-corrected chi connectivity index (χ0v) is 8.94. The van der Waals surface area contributed by atoms with Gasteiger partial charge >= 0.3 is 0 Å². The van der Waals surface area contributed by atoms with Gasteiger partial charge in [-0.05, 0) is 38.8 Å². The molecule has 0 atom stereocenters. The van der Waals surface area contributed by atoms with E-state index in [4.69, 9.17) is 4.74 Å². The molecule has 1 saturated heterocycles. The van der Waals surface area contributed by atoms with Crippen LogP contribution in [0.15, 0.2) is 12.7 Å². The largest absolute Gasteiger partial charge is 0.378 e. The Kier molecular flexibility index (Phi) is 8.51. The minimum atomic E-state index is 0. The molecule has 0 spiro atoms. The van der Waals surface area contributed by atoms with Crippen LogP contribution in [0.1, 0.15) is 25.7 Å². The molecule has 0 unspecified atom stereocenters. The molecule has 13 heavy (non-hydrogen) atoms. The average Bonchev–Trinajstić information content (AvgIpc) is 2.14. The normalized spacial score (nSPS) is 17.8. The quantitative estimate of drug-likeness (QED) is 0.549. The topological polar surface area (TPSA) is 21.3 Å². The second-order valence-corrected chi connectivity index (χ2v) is 3.25. The fraction of sp³-hybridized carbons (Fsp3) is 0.800. The number of allylic oxidation sites excluding steroid dienone is 1. The van der Waals surface area contributed by atoms with Gasteiger partial charge in [0.05, 0.1) is 6.10 Å². The lowest BCUT2D eigenvalue weighted by Gasteiger charge is -2.22. The van der Waals surface area contributed by atoms with Gasteiger partial charge in [0.25, 0.3) is 0 Å². The van der Waals surface area contributed by atoms with Crippen LogP contribution in [0.2, 0.25) is 0 Å². The molecule has 0 aromatic heterocycles. The number of piperidine rings is 1. The summed E-state index contributed by atoms with van der Waals surface area (Å²) in [5, 5.41) is 3.32. The molecule has 1 heterocycles. The van der Waals surface area contributed by atoms with E-state index in [1.54, 1.807) is 0 Å². The number of nitrogens with one attached hydrogen (secondary N) is 1. The van der Waals surface area contributed by atoms with Gasteiger partial charge in [0.2, 0.25) is 0 Å². The van der Waals surface area contributed by atoms with Crippen LogP contribution >= 0.6 is 12.4 Å². The molecule has 0 aromatic carbocycles. The molecule has 1 aliphatic heterocycles. The summed E-state index contributed by atoms with van der Waals surface area (Å²) < 4.78 is 5.70. The Hall–Kier alpha value is -0.0500. The van der Waals surface area contributed by atoms with Gasteiger partial charge in [0.1, 0.15) is 0 Å². The maximum Gasteiger partial charge on any atom is 0.0599 e. The van der Waals surface area contributed by atoms with Gasteiger partial charge in [-0.25, -0.2) is 0 Å². The number of hydrogen-bond acceptors (Lipinski definition) is 2. The summed E-state index contributed by atoms with van der Waals surface area (Å²) in [6.45, 7) is 6.81. The van der Waals surface area contributed by atoms with Crippen LogP contribution in [-0.2, 0) is 4.74 Å². The standard InChI is InChI=1S/C10H19NO.ClH/c1-2-3-4-9-12-10-5-7-11-8-6-10;/h2,10-11H,1,3-9H2;1H. The highest BCUT2D eigenvalue weighted by Gasteiger charge is 2.11. The molecule has 0 bridgehead atoms. The van der Waals surface area contributed by atoms with Gasteiger partial charge in [-0.3, -0.25) is 0 Å². The minimum Gasteiger partial charge on any atom is -0.378 e. The van der Waals surface area contributed by atoms with Gasteiger partial charge in [-0.2, -0.15) is 0 Å². The van der Waals surface area contributed by atoms with Crippen molar-refractivity contribution in [2.45, 2.75) is 31.8 Å². The smallest absolute Gasteiger partial charge is 0.0599 e. The van der Waals surface area contributed by atoms with Crippen LogP contribution in [0, 0.1) is 0 Å². The predicted octanol–water partition coefficient (Wildman–Crippen LogP) is 2.14. The maximum absolute atomic E-state index is 5.70. The number of hydrogen-bond donors (Lipinski definition) is 1. The fourth-order valence-corrected chi connectivity index (χ4v) is 1.44. The zero-order chi connectivity index (χ0) is 8.65. The number of halogens is 1. The van der Waals surface area contributed by atoms with E-state index in [-0.39, 0.29) is 12.4 Å². The Morgan fingerprint density at radius 1 is 1.38 bits per heavy atom. The van der Waals surface area contributed by atoms with Crippen molar-refractivity contribution in [2.75, 3.05) is 19.7 Å². The number of rotatable bonds is 5. The molecule has 1 aliphatic rings. The van der Waals surface area contributed by atoms with Crippen LogP contribution in [-0.4, -0.2) is 25.8 Å². The first kappa shape index (κ1) is 12.9. The number of ether oxygens (including phenoxy) is 1. The van der Waals surface area contributed by atoms with Gasteiger partial charge in [-0.15, -0.1) is 19.0 Å². The van der Waals surface area contributed by atoms with Crippen LogP contribution < -0.4 is 5.32 Å². The predicted molar refractivity (Wildman–Crippen MR) is 58.5 cm³/mol. The molecule has 0 amide bonds. The lowest BCUT2D eigenvalue weighted by Crippen LogP contribution is -2.32. The first-order valence-electron chi connectivity index (χ1n) is 4.86. The first-order valence-corrected chi connectivity index (χ1v) is 4.86. The van der Waals surface area contributed by atoms with E-state index < -0.39 is 0 Å². The summed E-state index contributed by atoms with van der Waals surface area (Å²) in [6.07, 6.45) is 7.00. The summed E-state index contributed by atoms with van der Waals surface area (Å²) in [5.41, 5.74) is 0. The Morgan fingerprint density at radius 2 is 2.08 bits per heavy atom. The third kappa shape index (κ3) is 6.08. The third-order valence-electron chi connectivity index (χ3n) is 2.19. The molecule has 2 nitrogen and oxygen atoms in total. The van der Waals surface area contributed by atoms with E-state index in [9.17, 15) is 0 Å².